The Labute approximate surface area is 192 Å². The first-order chi connectivity index (χ1) is 14.7. The lowest BCUT2D eigenvalue weighted by Crippen LogP contribution is -2.58. The molecule has 2 heterocycles. The molecule has 1 aliphatic carbocycles. The van der Waals surface area contributed by atoms with Gasteiger partial charge in [0.15, 0.2) is 0 Å². The van der Waals surface area contributed by atoms with Gasteiger partial charge in [-0.05, 0) is 74.9 Å². The third-order valence-corrected chi connectivity index (χ3v) is 7.06. The highest BCUT2D eigenvalue weighted by Gasteiger charge is 2.38. The molecule has 3 aliphatic rings. The predicted octanol–water partition coefficient (Wildman–Crippen LogP) is 4.08. The van der Waals surface area contributed by atoms with Gasteiger partial charge in [-0.2, -0.15) is 0 Å². The van der Waals surface area contributed by atoms with Crippen LogP contribution in [0.2, 0.25) is 0 Å². The van der Waals surface area contributed by atoms with E-state index in [-0.39, 0.29) is 30.4 Å². The number of esters is 1. The Hall–Kier alpha value is -1.79. The number of hydrogen-bond acceptors (Lipinski definition) is 4. The van der Waals surface area contributed by atoms with Crippen molar-refractivity contribution in [3.05, 3.63) is 29.3 Å². The van der Waals surface area contributed by atoms with Gasteiger partial charge >= 0.3 is 12.0 Å². The molecule has 1 atom stereocenters. The van der Waals surface area contributed by atoms with E-state index in [1.807, 2.05) is 4.90 Å². The van der Waals surface area contributed by atoms with Gasteiger partial charge in [-0.25, -0.2) is 4.79 Å². The van der Waals surface area contributed by atoms with E-state index < -0.39 is 0 Å². The quantitative estimate of drug-likeness (QED) is 0.688. The van der Waals surface area contributed by atoms with Crippen LogP contribution < -0.4 is 10.2 Å². The van der Waals surface area contributed by atoms with Crippen molar-refractivity contribution in [1.29, 1.82) is 0 Å². The first kappa shape index (κ1) is 23.9. The van der Waals surface area contributed by atoms with Crippen LogP contribution >= 0.6 is 12.4 Å². The molecule has 1 aromatic rings. The number of carbonyl (C=O) groups is 2. The van der Waals surface area contributed by atoms with Crippen molar-refractivity contribution in [2.75, 3.05) is 31.6 Å². The maximum atomic E-state index is 13.7. The average Bonchev–Trinajstić information content (AvgIpc) is 3.03. The molecule has 0 aromatic heterocycles. The fourth-order valence-corrected chi connectivity index (χ4v) is 5.33. The highest BCUT2D eigenvalue weighted by molar-refractivity contribution is 5.94. The monoisotopic (exact) mass is 449 g/mol. The molecule has 2 aliphatic heterocycles. The van der Waals surface area contributed by atoms with Gasteiger partial charge < -0.3 is 15.0 Å². The van der Waals surface area contributed by atoms with E-state index in [0.717, 1.165) is 57.4 Å². The Morgan fingerprint density at radius 1 is 1.10 bits per heavy atom. The number of carbonyl (C=O) groups excluding carboxylic acids is 2. The summed E-state index contributed by atoms with van der Waals surface area (Å²) in [7, 11) is 1.43. The molecule has 1 N–H and O–H groups in total. The number of urea groups is 1. The molecule has 0 radical (unpaired) electrons. The van der Waals surface area contributed by atoms with Crippen LogP contribution in [-0.2, 0) is 22.4 Å². The molecule has 1 aromatic carbocycles. The maximum Gasteiger partial charge on any atom is 0.324 e. The van der Waals surface area contributed by atoms with Crippen LogP contribution in [-0.4, -0.2) is 55.7 Å². The molecular weight excluding hydrogens is 414 g/mol. The number of amides is 2. The Morgan fingerprint density at radius 3 is 2.58 bits per heavy atom. The summed E-state index contributed by atoms with van der Waals surface area (Å²) in [5.41, 5.74) is 3.70. The number of rotatable bonds is 5. The van der Waals surface area contributed by atoms with Crippen LogP contribution in [0.3, 0.4) is 0 Å². The number of fused-ring (bicyclic) bond motifs is 1. The van der Waals surface area contributed by atoms with Crippen LogP contribution in [0.4, 0.5) is 10.5 Å². The predicted molar refractivity (Wildman–Crippen MR) is 125 cm³/mol. The molecule has 1 saturated carbocycles. The van der Waals surface area contributed by atoms with Gasteiger partial charge in [-0.15, -0.1) is 12.4 Å². The molecule has 31 heavy (non-hydrogen) atoms. The molecule has 1 unspecified atom stereocenters. The molecule has 2 fully saturated rings. The lowest BCUT2D eigenvalue weighted by molar-refractivity contribution is -0.140. The van der Waals surface area contributed by atoms with E-state index in [1.54, 1.807) is 0 Å². The maximum absolute atomic E-state index is 13.7. The van der Waals surface area contributed by atoms with E-state index in [4.69, 9.17) is 4.74 Å². The zero-order chi connectivity index (χ0) is 20.9. The summed E-state index contributed by atoms with van der Waals surface area (Å²) in [6.45, 7) is 2.78. The highest BCUT2D eigenvalue weighted by Crippen LogP contribution is 2.33. The fraction of sp³-hybridized carbons (Fsp3) is 0.667. The lowest BCUT2D eigenvalue weighted by Gasteiger charge is -2.45. The van der Waals surface area contributed by atoms with Gasteiger partial charge in [0, 0.05) is 30.7 Å². The lowest BCUT2D eigenvalue weighted by atomic mass is 9.92. The summed E-state index contributed by atoms with van der Waals surface area (Å²) in [6, 6.07) is 7.04. The Kier molecular flexibility index (Phi) is 8.61. The zero-order valence-electron chi connectivity index (χ0n) is 18.6. The van der Waals surface area contributed by atoms with Crippen LogP contribution in [0, 0.1) is 0 Å². The molecule has 1 saturated heterocycles. The first-order valence-corrected chi connectivity index (χ1v) is 11.7. The summed E-state index contributed by atoms with van der Waals surface area (Å²) >= 11 is 0. The molecular formula is C24H36ClN3O3. The third-order valence-electron chi connectivity index (χ3n) is 7.06. The minimum absolute atomic E-state index is 0. The van der Waals surface area contributed by atoms with E-state index in [0.29, 0.717) is 18.9 Å². The number of benzene rings is 1. The van der Waals surface area contributed by atoms with Crippen molar-refractivity contribution < 1.29 is 14.3 Å². The number of nitrogens with zero attached hydrogens (tertiary/aromatic N) is 2. The number of hydrogen-bond donors (Lipinski definition) is 1. The second-order valence-corrected chi connectivity index (χ2v) is 8.90. The number of anilines is 1. The Bertz CT molecular complexity index is 766. The van der Waals surface area contributed by atoms with Crippen molar-refractivity contribution in [1.82, 2.24) is 10.2 Å². The molecule has 7 heteroatoms. The first-order valence-electron chi connectivity index (χ1n) is 11.7. The average molecular weight is 450 g/mol. The SMILES string of the molecule is COC(=O)CCC1CCN(C2CCCCC2)C(=O)N1c1ccc2c(c1)CCNCC2.Cl. The second kappa shape index (κ2) is 11.2. The van der Waals surface area contributed by atoms with Crippen LogP contribution in [0.5, 0.6) is 0 Å². The second-order valence-electron chi connectivity index (χ2n) is 8.90. The van der Waals surface area contributed by atoms with Crippen molar-refractivity contribution in [3.8, 4) is 0 Å². The molecule has 6 nitrogen and oxygen atoms in total. The molecule has 2 amide bonds. The van der Waals surface area contributed by atoms with Crippen LogP contribution in [0.15, 0.2) is 18.2 Å². The molecule has 0 bridgehead atoms. The normalized spacial score (nSPS) is 22.4. The van der Waals surface area contributed by atoms with E-state index in [1.165, 1.54) is 37.5 Å². The van der Waals surface area contributed by atoms with Crippen molar-refractivity contribution in [3.63, 3.8) is 0 Å². The highest BCUT2D eigenvalue weighted by atomic mass is 35.5. The van der Waals surface area contributed by atoms with Gasteiger partial charge in [0.1, 0.15) is 0 Å². The number of halogens is 1. The number of ether oxygens (including phenoxy) is 1. The van der Waals surface area contributed by atoms with Crippen molar-refractivity contribution in [2.45, 2.75) is 76.3 Å². The summed E-state index contributed by atoms with van der Waals surface area (Å²) in [5.74, 6) is -0.204. The minimum atomic E-state index is -0.204. The summed E-state index contributed by atoms with van der Waals surface area (Å²) in [5, 5.41) is 3.46. The largest absolute Gasteiger partial charge is 0.469 e. The third kappa shape index (κ3) is 5.53. The molecule has 0 spiro atoms. The van der Waals surface area contributed by atoms with Gasteiger partial charge in [0.25, 0.3) is 0 Å². The van der Waals surface area contributed by atoms with E-state index in [2.05, 4.69) is 28.4 Å². The Morgan fingerprint density at radius 2 is 1.84 bits per heavy atom. The van der Waals surface area contributed by atoms with Gasteiger partial charge in [0.2, 0.25) is 0 Å². The van der Waals surface area contributed by atoms with Crippen LogP contribution in [0.25, 0.3) is 0 Å². The fourth-order valence-electron chi connectivity index (χ4n) is 5.33. The van der Waals surface area contributed by atoms with E-state index >= 15 is 0 Å². The van der Waals surface area contributed by atoms with Crippen LogP contribution in [0.1, 0.15) is 62.5 Å². The molecule has 172 valence electrons. The van der Waals surface area contributed by atoms with Gasteiger partial charge in [-0.1, -0.05) is 25.3 Å². The number of methoxy groups -OCH3 is 1. The Balaban J connectivity index is 0.00000272. The standard InChI is InChI=1S/C24H35N3O3.ClH/c1-30-23(28)10-9-21-13-16-26(20-5-3-2-4-6-20)24(29)27(21)22-8-7-18-11-14-25-15-12-19(18)17-22;/h7-8,17,20-21,25H,2-6,9-16H2,1H3;1H. The van der Waals surface area contributed by atoms with Gasteiger partial charge in [0.05, 0.1) is 7.11 Å². The summed E-state index contributed by atoms with van der Waals surface area (Å²) < 4.78 is 4.85. The summed E-state index contributed by atoms with van der Waals surface area (Å²) in [6.07, 6.45) is 9.86. The molecule has 4 rings (SSSR count). The minimum Gasteiger partial charge on any atom is -0.469 e. The van der Waals surface area contributed by atoms with Crippen molar-refractivity contribution >= 4 is 30.1 Å². The van der Waals surface area contributed by atoms with Gasteiger partial charge in [-0.3, -0.25) is 9.69 Å². The van der Waals surface area contributed by atoms with E-state index in [9.17, 15) is 9.59 Å². The topological polar surface area (TPSA) is 61.9 Å². The zero-order valence-corrected chi connectivity index (χ0v) is 19.4. The number of nitrogens with one attached hydrogen (secondary N) is 1. The van der Waals surface area contributed by atoms with Crippen molar-refractivity contribution in [2.24, 2.45) is 0 Å². The smallest absolute Gasteiger partial charge is 0.324 e. The summed E-state index contributed by atoms with van der Waals surface area (Å²) in [4.78, 5) is 29.6.